The minimum atomic E-state index is -0.252. The average Bonchev–Trinajstić information content (AvgIpc) is 3.35. The molecule has 0 radical (unpaired) electrons. The highest BCUT2D eigenvalue weighted by Crippen LogP contribution is 2.38. The van der Waals surface area contributed by atoms with Crippen molar-refractivity contribution in [3.63, 3.8) is 0 Å². The summed E-state index contributed by atoms with van der Waals surface area (Å²) in [5, 5.41) is 2.78. The first kappa shape index (κ1) is 19.7. The predicted molar refractivity (Wildman–Crippen MR) is 107 cm³/mol. The quantitative estimate of drug-likeness (QED) is 0.772. The maximum atomic E-state index is 14.2. The largest absolute Gasteiger partial charge is 0.352 e. The van der Waals surface area contributed by atoms with E-state index in [0.717, 1.165) is 44.8 Å². The van der Waals surface area contributed by atoms with Gasteiger partial charge in [0.1, 0.15) is 11.2 Å². The SMILES string of the molecule is O=C(CN1CCN(CC(=O)N2CCSC2c2ccccc2F)CC1)NC1CC1. The molecule has 1 saturated carbocycles. The van der Waals surface area contributed by atoms with E-state index in [-0.39, 0.29) is 23.0 Å². The number of carbonyl (C=O) groups excluding carboxylic acids is 2. The van der Waals surface area contributed by atoms with E-state index in [1.165, 1.54) is 6.07 Å². The zero-order valence-electron chi connectivity index (χ0n) is 16.0. The number of rotatable bonds is 6. The second-order valence-electron chi connectivity index (χ2n) is 7.73. The van der Waals surface area contributed by atoms with E-state index in [1.807, 2.05) is 6.07 Å². The fourth-order valence-electron chi connectivity index (χ4n) is 3.75. The van der Waals surface area contributed by atoms with Gasteiger partial charge in [-0.05, 0) is 18.9 Å². The second-order valence-corrected chi connectivity index (χ2v) is 8.91. The Morgan fingerprint density at radius 1 is 1.04 bits per heavy atom. The fraction of sp³-hybridized carbons (Fsp3) is 0.600. The van der Waals surface area contributed by atoms with Crippen LogP contribution in [0.1, 0.15) is 23.8 Å². The van der Waals surface area contributed by atoms with Crippen molar-refractivity contribution in [3.05, 3.63) is 35.6 Å². The van der Waals surface area contributed by atoms with Crippen LogP contribution in [0.2, 0.25) is 0 Å². The summed E-state index contributed by atoms with van der Waals surface area (Å²) in [4.78, 5) is 30.9. The van der Waals surface area contributed by atoms with Crippen molar-refractivity contribution in [2.75, 3.05) is 51.6 Å². The van der Waals surface area contributed by atoms with E-state index in [9.17, 15) is 14.0 Å². The van der Waals surface area contributed by atoms with Gasteiger partial charge in [-0.15, -0.1) is 11.8 Å². The van der Waals surface area contributed by atoms with Crippen LogP contribution in [0.5, 0.6) is 0 Å². The lowest BCUT2D eigenvalue weighted by Gasteiger charge is -2.35. The third kappa shape index (κ3) is 4.85. The number of hydrogen-bond donors (Lipinski definition) is 1. The summed E-state index contributed by atoms with van der Waals surface area (Å²) in [7, 11) is 0. The zero-order chi connectivity index (χ0) is 19.5. The molecule has 3 aliphatic rings. The van der Waals surface area contributed by atoms with Crippen LogP contribution in [0.25, 0.3) is 0 Å². The van der Waals surface area contributed by atoms with Crippen LogP contribution in [0.15, 0.2) is 24.3 Å². The lowest BCUT2D eigenvalue weighted by atomic mass is 10.2. The molecule has 4 rings (SSSR count). The molecule has 1 N–H and O–H groups in total. The first-order valence-corrected chi connectivity index (χ1v) is 11.0. The molecule has 2 amide bonds. The Morgan fingerprint density at radius 2 is 1.71 bits per heavy atom. The average molecular weight is 407 g/mol. The maximum absolute atomic E-state index is 14.2. The molecule has 2 aliphatic heterocycles. The number of nitrogens with zero attached hydrogens (tertiary/aromatic N) is 3. The first-order chi connectivity index (χ1) is 13.6. The van der Waals surface area contributed by atoms with E-state index in [2.05, 4.69) is 15.1 Å². The topological polar surface area (TPSA) is 55.9 Å². The van der Waals surface area contributed by atoms with Gasteiger partial charge in [0.15, 0.2) is 0 Å². The molecule has 0 aromatic heterocycles. The third-order valence-electron chi connectivity index (χ3n) is 5.52. The zero-order valence-corrected chi connectivity index (χ0v) is 16.8. The van der Waals surface area contributed by atoms with Crippen LogP contribution in [0, 0.1) is 5.82 Å². The number of piperazine rings is 1. The summed E-state index contributed by atoms with van der Waals surface area (Å²) in [6, 6.07) is 7.11. The van der Waals surface area contributed by atoms with Gasteiger partial charge in [-0.1, -0.05) is 18.2 Å². The summed E-state index contributed by atoms with van der Waals surface area (Å²) < 4.78 is 14.2. The Bertz CT molecular complexity index is 722. The van der Waals surface area contributed by atoms with Gasteiger partial charge < -0.3 is 10.2 Å². The van der Waals surface area contributed by atoms with Gasteiger partial charge in [-0.2, -0.15) is 0 Å². The Hall–Kier alpha value is -1.64. The lowest BCUT2D eigenvalue weighted by Crippen LogP contribution is -2.52. The fourth-order valence-corrected chi connectivity index (χ4v) is 5.05. The highest BCUT2D eigenvalue weighted by atomic mass is 32.2. The summed E-state index contributed by atoms with van der Waals surface area (Å²) in [5.74, 6) is 0.735. The van der Waals surface area contributed by atoms with Gasteiger partial charge in [-0.3, -0.25) is 19.4 Å². The van der Waals surface area contributed by atoms with Crippen LogP contribution in [0.3, 0.4) is 0 Å². The Kier molecular flexibility index (Phi) is 6.18. The molecule has 28 heavy (non-hydrogen) atoms. The summed E-state index contributed by atoms with van der Waals surface area (Å²) in [5.41, 5.74) is 0.588. The standard InChI is InChI=1S/C20H27FN4O2S/c21-17-4-2-1-3-16(17)20-25(11-12-28-20)19(27)14-24-9-7-23(8-10-24)13-18(26)22-15-5-6-15/h1-4,15,20H,5-14H2,(H,22,26). The van der Waals surface area contributed by atoms with Crippen LogP contribution in [0.4, 0.5) is 4.39 Å². The Labute approximate surface area is 169 Å². The van der Waals surface area contributed by atoms with Crippen LogP contribution in [-0.2, 0) is 9.59 Å². The van der Waals surface area contributed by atoms with Gasteiger partial charge in [-0.25, -0.2) is 4.39 Å². The van der Waals surface area contributed by atoms with E-state index in [1.54, 1.807) is 28.8 Å². The summed E-state index contributed by atoms with van der Waals surface area (Å²) in [6.45, 7) is 4.57. The molecular weight excluding hydrogens is 379 g/mol. The molecule has 2 heterocycles. The van der Waals surface area contributed by atoms with E-state index >= 15 is 0 Å². The lowest BCUT2D eigenvalue weighted by molar-refractivity contribution is -0.133. The number of halogens is 1. The van der Waals surface area contributed by atoms with Crippen molar-refractivity contribution in [1.29, 1.82) is 0 Å². The Balaban J connectivity index is 1.26. The molecule has 0 spiro atoms. The van der Waals surface area contributed by atoms with Crippen molar-refractivity contribution < 1.29 is 14.0 Å². The second kappa shape index (κ2) is 8.80. The number of carbonyl (C=O) groups is 2. The monoisotopic (exact) mass is 406 g/mol. The Morgan fingerprint density at radius 3 is 2.39 bits per heavy atom. The molecule has 8 heteroatoms. The highest BCUT2D eigenvalue weighted by Gasteiger charge is 2.33. The van der Waals surface area contributed by atoms with Gasteiger partial charge in [0.25, 0.3) is 0 Å². The van der Waals surface area contributed by atoms with E-state index < -0.39 is 0 Å². The van der Waals surface area contributed by atoms with Crippen molar-refractivity contribution in [2.45, 2.75) is 24.3 Å². The summed E-state index contributed by atoms with van der Waals surface area (Å²) in [6.07, 6.45) is 2.20. The molecule has 1 aromatic carbocycles. The van der Waals surface area contributed by atoms with Gasteiger partial charge in [0.2, 0.25) is 11.8 Å². The molecule has 152 valence electrons. The molecule has 1 aliphatic carbocycles. The number of hydrogen-bond acceptors (Lipinski definition) is 5. The first-order valence-electron chi connectivity index (χ1n) is 10.00. The summed E-state index contributed by atoms with van der Waals surface area (Å²) >= 11 is 1.62. The van der Waals surface area contributed by atoms with Crippen molar-refractivity contribution >= 4 is 23.6 Å². The molecule has 3 fully saturated rings. The van der Waals surface area contributed by atoms with Crippen molar-refractivity contribution in [3.8, 4) is 0 Å². The molecule has 6 nitrogen and oxygen atoms in total. The minimum Gasteiger partial charge on any atom is -0.352 e. The molecular formula is C20H27FN4O2S. The normalized spacial score (nSPS) is 23.8. The minimum absolute atomic E-state index is 0.0539. The van der Waals surface area contributed by atoms with Crippen LogP contribution in [-0.4, -0.2) is 84.1 Å². The molecule has 1 atom stereocenters. The van der Waals surface area contributed by atoms with Gasteiger partial charge in [0, 0.05) is 50.1 Å². The van der Waals surface area contributed by atoms with Crippen LogP contribution >= 0.6 is 11.8 Å². The van der Waals surface area contributed by atoms with E-state index in [4.69, 9.17) is 0 Å². The maximum Gasteiger partial charge on any atom is 0.237 e. The van der Waals surface area contributed by atoms with E-state index in [0.29, 0.717) is 31.2 Å². The van der Waals surface area contributed by atoms with Crippen molar-refractivity contribution in [2.24, 2.45) is 0 Å². The number of benzene rings is 1. The molecule has 1 unspecified atom stereocenters. The highest BCUT2D eigenvalue weighted by molar-refractivity contribution is 7.99. The smallest absolute Gasteiger partial charge is 0.237 e. The molecule has 2 saturated heterocycles. The predicted octanol–water partition coefficient (Wildman–Crippen LogP) is 1.30. The van der Waals surface area contributed by atoms with Gasteiger partial charge in [0.05, 0.1) is 13.1 Å². The molecule has 1 aromatic rings. The number of thioether (sulfide) groups is 1. The van der Waals surface area contributed by atoms with Gasteiger partial charge >= 0.3 is 0 Å². The van der Waals surface area contributed by atoms with Crippen LogP contribution < -0.4 is 5.32 Å². The number of nitrogens with one attached hydrogen (secondary N) is 1. The third-order valence-corrected chi connectivity index (χ3v) is 6.76. The number of amides is 2. The van der Waals surface area contributed by atoms with Crippen molar-refractivity contribution in [1.82, 2.24) is 20.0 Å². The molecule has 0 bridgehead atoms.